The van der Waals surface area contributed by atoms with Gasteiger partial charge in [0.15, 0.2) is 6.10 Å². The van der Waals surface area contributed by atoms with Crippen molar-refractivity contribution in [1.29, 1.82) is 0 Å². The molecule has 0 aromatic carbocycles. The average Bonchev–Trinajstić information content (AvgIpc) is 3.14. The fourth-order valence-corrected chi connectivity index (χ4v) is 1.74. The van der Waals surface area contributed by atoms with E-state index in [1.165, 1.54) is 12.8 Å². The van der Waals surface area contributed by atoms with E-state index in [1.54, 1.807) is 4.90 Å². The Labute approximate surface area is 99.6 Å². The monoisotopic (exact) mass is 242 g/mol. The summed E-state index contributed by atoms with van der Waals surface area (Å²) in [6, 6.07) is 0.0669. The summed E-state index contributed by atoms with van der Waals surface area (Å²) < 4.78 is 0. The van der Waals surface area contributed by atoms with E-state index in [-0.39, 0.29) is 12.6 Å². The van der Waals surface area contributed by atoms with Crippen molar-refractivity contribution < 1.29 is 19.8 Å². The van der Waals surface area contributed by atoms with Crippen molar-refractivity contribution in [1.82, 2.24) is 10.2 Å². The van der Waals surface area contributed by atoms with Crippen LogP contribution in [0.3, 0.4) is 0 Å². The molecule has 2 aliphatic carbocycles. The number of amides is 2. The maximum atomic E-state index is 11.8. The molecular formula is C11H18N2O4. The second-order valence-corrected chi connectivity index (χ2v) is 4.87. The first-order valence-electron chi connectivity index (χ1n) is 6.03. The zero-order chi connectivity index (χ0) is 12.4. The van der Waals surface area contributed by atoms with Crippen LogP contribution in [0, 0.1) is 5.92 Å². The molecule has 0 spiro atoms. The third kappa shape index (κ3) is 3.59. The highest BCUT2D eigenvalue weighted by molar-refractivity contribution is 5.77. The minimum atomic E-state index is -1.53. The minimum absolute atomic E-state index is 0.234. The predicted octanol–water partition coefficient (Wildman–Crippen LogP) is 0.0159. The first-order valence-corrected chi connectivity index (χ1v) is 6.03. The number of urea groups is 1. The summed E-state index contributed by atoms with van der Waals surface area (Å²) in [6.07, 6.45) is 2.88. The molecule has 6 heteroatoms. The van der Waals surface area contributed by atoms with Gasteiger partial charge < -0.3 is 20.4 Å². The van der Waals surface area contributed by atoms with E-state index in [0.29, 0.717) is 12.0 Å². The number of carboxylic acids is 1. The van der Waals surface area contributed by atoms with Crippen molar-refractivity contribution in [2.24, 2.45) is 5.92 Å². The molecule has 2 amide bonds. The highest BCUT2D eigenvalue weighted by Gasteiger charge is 2.36. The lowest BCUT2D eigenvalue weighted by Gasteiger charge is -2.23. The van der Waals surface area contributed by atoms with Crippen LogP contribution in [-0.2, 0) is 4.79 Å². The Kier molecular flexibility index (Phi) is 3.51. The molecule has 2 rings (SSSR count). The van der Waals surface area contributed by atoms with Crippen LogP contribution >= 0.6 is 0 Å². The van der Waals surface area contributed by atoms with E-state index in [0.717, 1.165) is 19.4 Å². The summed E-state index contributed by atoms with van der Waals surface area (Å²) in [5, 5.41) is 20.0. The summed E-state index contributed by atoms with van der Waals surface area (Å²) in [5.74, 6) is -0.698. The van der Waals surface area contributed by atoms with E-state index in [4.69, 9.17) is 10.2 Å². The van der Waals surface area contributed by atoms with Crippen molar-refractivity contribution in [3.05, 3.63) is 0 Å². The number of nitrogens with one attached hydrogen (secondary N) is 1. The number of carbonyl (C=O) groups is 2. The number of rotatable bonds is 6. The molecule has 0 radical (unpaired) electrons. The molecule has 0 unspecified atom stereocenters. The Morgan fingerprint density at radius 3 is 2.41 bits per heavy atom. The van der Waals surface area contributed by atoms with Gasteiger partial charge in [-0.1, -0.05) is 0 Å². The second-order valence-electron chi connectivity index (χ2n) is 4.87. The van der Waals surface area contributed by atoms with Crippen LogP contribution in [0.4, 0.5) is 4.79 Å². The Morgan fingerprint density at radius 1 is 1.29 bits per heavy atom. The van der Waals surface area contributed by atoms with Crippen molar-refractivity contribution >= 4 is 12.0 Å². The summed E-state index contributed by atoms with van der Waals surface area (Å²) in [4.78, 5) is 24.0. The van der Waals surface area contributed by atoms with E-state index in [2.05, 4.69) is 5.32 Å². The highest BCUT2D eigenvalue weighted by atomic mass is 16.4. The lowest BCUT2D eigenvalue weighted by atomic mass is 10.3. The van der Waals surface area contributed by atoms with Gasteiger partial charge in [0.05, 0.1) is 6.54 Å². The van der Waals surface area contributed by atoms with Gasteiger partial charge in [-0.15, -0.1) is 0 Å². The van der Waals surface area contributed by atoms with E-state index in [9.17, 15) is 9.59 Å². The van der Waals surface area contributed by atoms with Crippen LogP contribution in [-0.4, -0.2) is 52.3 Å². The van der Waals surface area contributed by atoms with Gasteiger partial charge in [0.2, 0.25) is 0 Å². The largest absolute Gasteiger partial charge is 0.479 e. The van der Waals surface area contributed by atoms with Crippen molar-refractivity contribution in [2.45, 2.75) is 37.8 Å². The summed E-state index contributed by atoms with van der Waals surface area (Å²) >= 11 is 0. The van der Waals surface area contributed by atoms with Gasteiger partial charge in [0, 0.05) is 12.6 Å². The molecule has 2 saturated carbocycles. The zero-order valence-corrected chi connectivity index (χ0v) is 9.63. The Hall–Kier alpha value is -1.30. The van der Waals surface area contributed by atoms with Gasteiger partial charge in [-0.05, 0) is 31.6 Å². The van der Waals surface area contributed by atoms with Gasteiger partial charge in [0.25, 0.3) is 0 Å². The maximum absolute atomic E-state index is 11.8. The standard InChI is InChI=1S/C11H18N2O4/c14-9(10(15)16)5-12-11(17)13(8-3-4-8)6-7-1-2-7/h7-9,14H,1-6H2,(H,12,17)(H,15,16)/t9-/m0/s1. The Morgan fingerprint density at radius 2 is 1.94 bits per heavy atom. The van der Waals surface area contributed by atoms with Crippen LogP contribution in [0.5, 0.6) is 0 Å². The molecule has 0 heterocycles. The summed E-state index contributed by atoms with van der Waals surface area (Å²) in [6.45, 7) is 0.529. The SMILES string of the molecule is O=C(O)[C@@H](O)CNC(=O)N(CC1CC1)C1CC1. The molecule has 3 N–H and O–H groups in total. The topological polar surface area (TPSA) is 89.9 Å². The van der Waals surface area contributed by atoms with Gasteiger partial charge in [-0.25, -0.2) is 9.59 Å². The molecule has 1 atom stereocenters. The number of nitrogens with zero attached hydrogens (tertiary/aromatic N) is 1. The van der Waals surface area contributed by atoms with Gasteiger partial charge in [-0.2, -0.15) is 0 Å². The fraction of sp³-hybridized carbons (Fsp3) is 0.818. The molecule has 2 aliphatic rings. The molecule has 0 aliphatic heterocycles. The quantitative estimate of drug-likeness (QED) is 0.612. The van der Waals surface area contributed by atoms with E-state index >= 15 is 0 Å². The number of hydrogen-bond acceptors (Lipinski definition) is 3. The number of carboxylic acid groups (broad SMARTS) is 1. The third-order valence-corrected chi connectivity index (χ3v) is 3.13. The number of hydrogen-bond donors (Lipinski definition) is 3. The lowest BCUT2D eigenvalue weighted by molar-refractivity contribution is -0.146. The van der Waals surface area contributed by atoms with Crippen LogP contribution < -0.4 is 5.32 Å². The fourth-order valence-electron chi connectivity index (χ4n) is 1.74. The molecule has 0 aromatic rings. The molecule has 2 fully saturated rings. The molecule has 17 heavy (non-hydrogen) atoms. The summed E-state index contributed by atoms with van der Waals surface area (Å²) in [7, 11) is 0. The highest BCUT2D eigenvalue weighted by Crippen LogP contribution is 2.34. The zero-order valence-electron chi connectivity index (χ0n) is 9.63. The number of aliphatic hydroxyl groups excluding tert-OH is 1. The van der Waals surface area contributed by atoms with Crippen molar-refractivity contribution in [2.75, 3.05) is 13.1 Å². The van der Waals surface area contributed by atoms with Crippen LogP contribution in [0.15, 0.2) is 0 Å². The first-order chi connectivity index (χ1) is 8.08. The average molecular weight is 242 g/mol. The summed E-state index contributed by atoms with van der Waals surface area (Å²) in [5.41, 5.74) is 0. The third-order valence-electron chi connectivity index (χ3n) is 3.13. The van der Waals surface area contributed by atoms with Gasteiger partial charge in [-0.3, -0.25) is 0 Å². The Balaban J connectivity index is 1.77. The number of aliphatic carboxylic acids is 1. The second kappa shape index (κ2) is 4.91. The van der Waals surface area contributed by atoms with E-state index < -0.39 is 12.1 Å². The van der Waals surface area contributed by atoms with Crippen molar-refractivity contribution in [3.63, 3.8) is 0 Å². The van der Waals surface area contributed by atoms with E-state index in [1.807, 2.05) is 0 Å². The maximum Gasteiger partial charge on any atom is 0.334 e. The number of carbonyl (C=O) groups excluding carboxylic acids is 1. The molecule has 0 bridgehead atoms. The van der Waals surface area contributed by atoms with Crippen molar-refractivity contribution in [3.8, 4) is 0 Å². The van der Waals surface area contributed by atoms with Gasteiger partial charge >= 0.3 is 12.0 Å². The minimum Gasteiger partial charge on any atom is -0.479 e. The molecule has 96 valence electrons. The van der Waals surface area contributed by atoms with Gasteiger partial charge in [0.1, 0.15) is 0 Å². The van der Waals surface area contributed by atoms with Crippen LogP contribution in [0.2, 0.25) is 0 Å². The van der Waals surface area contributed by atoms with Crippen LogP contribution in [0.1, 0.15) is 25.7 Å². The lowest BCUT2D eigenvalue weighted by Crippen LogP contribution is -2.46. The first kappa shape index (κ1) is 12.2. The Bertz CT molecular complexity index is 313. The molecular weight excluding hydrogens is 224 g/mol. The smallest absolute Gasteiger partial charge is 0.334 e. The normalized spacial score (nSPS) is 20.8. The molecule has 6 nitrogen and oxygen atoms in total. The predicted molar refractivity (Wildman–Crippen MR) is 59.5 cm³/mol. The molecule has 0 aromatic heterocycles. The van der Waals surface area contributed by atoms with Crippen LogP contribution in [0.25, 0.3) is 0 Å². The number of aliphatic hydroxyl groups is 1. The molecule has 0 saturated heterocycles.